The Kier molecular flexibility index (Phi) is 4.10. The van der Waals surface area contributed by atoms with Gasteiger partial charge in [0.25, 0.3) is 0 Å². The molecule has 1 aromatic rings. The summed E-state index contributed by atoms with van der Waals surface area (Å²) in [7, 11) is 0. The van der Waals surface area contributed by atoms with Crippen molar-refractivity contribution in [2.45, 2.75) is 45.6 Å². The third kappa shape index (κ3) is 2.94. The Bertz CT molecular complexity index is 421. The molecule has 0 radical (unpaired) electrons. The van der Waals surface area contributed by atoms with Crippen LogP contribution in [0.4, 0.5) is 0 Å². The molecule has 1 aliphatic rings. The van der Waals surface area contributed by atoms with E-state index in [0.717, 1.165) is 22.9 Å². The monoisotopic (exact) mass is 309 g/mol. The highest BCUT2D eigenvalue weighted by Gasteiger charge is 2.36. The molecule has 1 aromatic carbocycles. The van der Waals surface area contributed by atoms with E-state index in [1.807, 2.05) is 31.2 Å². The number of halogens is 1. The van der Waals surface area contributed by atoms with E-state index in [1.165, 1.54) is 12.8 Å². The third-order valence-electron chi connectivity index (χ3n) is 3.97. The largest absolute Gasteiger partial charge is 0.349 e. The van der Waals surface area contributed by atoms with Crippen molar-refractivity contribution < 1.29 is 4.79 Å². The average Bonchev–Trinajstić information content (AvgIpc) is 2.78. The second-order valence-corrected chi connectivity index (χ2v) is 6.43. The van der Waals surface area contributed by atoms with Gasteiger partial charge in [0, 0.05) is 9.89 Å². The second kappa shape index (κ2) is 5.43. The Morgan fingerprint density at radius 2 is 1.83 bits per heavy atom. The minimum absolute atomic E-state index is 0.0722. The summed E-state index contributed by atoms with van der Waals surface area (Å²) in [5.74, 6) is 0.204. The first kappa shape index (κ1) is 13.6. The van der Waals surface area contributed by atoms with Gasteiger partial charge < -0.3 is 5.32 Å². The van der Waals surface area contributed by atoms with Gasteiger partial charge in [-0.05, 0) is 37.5 Å². The Hall–Kier alpha value is -0.830. The van der Waals surface area contributed by atoms with Crippen molar-refractivity contribution in [2.24, 2.45) is 5.41 Å². The summed E-state index contributed by atoms with van der Waals surface area (Å²) in [6, 6.07) is 8.19. The van der Waals surface area contributed by atoms with Crippen LogP contribution in [0, 0.1) is 5.41 Å². The molecule has 1 unspecified atom stereocenters. The summed E-state index contributed by atoms with van der Waals surface area (Å²) >= 11 is 3.42. The smallest absolute Gasteiger partial charge is 0.226 e. The molecule has 0 saturated heterocycles. The topological polar surface area (TPSA) is 29.1 Å². The van der Waals surface area contributed by atoms with Crippen molar-refractivity contribution in [3.8, 4) is 0 Å². The molecule has 0 bridgehead atoms. The van der Waals surface area contributed by atoms with E-state index in [1.54, 1.807) is 0 Å². The fourth-order valence-electron chi connectivity index (χ4n) is 2.59. The predicted molar refractivity (Wildman–Crippen MR) is 77.3 cm³/mol. The maximum absolute atomic E-state index is 12.3. The van der Waals surface area contributed by atoms with Gasteiger partial charge in [-0.2, -0.15) is 0 Å². The fourth-order valence-corrected chi connectivity index (χ4v) is 2.85. The molecule has 98 valence electrons. The molecule has 2 nitrogen and oxygen atoms in total. The molecule has 3 heteroatoms. The lowest BCUT2D eigenvalue weighted by molar-refractivity contribution is -0.130. The summed E-state index contributed by atoms with van der Waals surface area (Å²) in [4.78, 5) is 12.3. The zero-order chi connectivity index (χ0) is 13.2. The van der Waals surface area contributed by atoms with Crippen LogP contribution in [0.15, 0.2) is 28.7 Å². The van der Waals surface area contributed by atoms with Crippen LogP contribution in [-0.4, -0.2) is 5.91 Å². The van der Waals surface area contributed by atoms with Crippen LogP contribution < -0.4 is 5.32 Å². The van der Waals surface area contributed by atoms with Crippen LogP contribution >= 0.6 is 15.9 Å². The van der Waals surface area contributed by atoms with Crippen LogP contribution in [0.1, 0.15) is 51.1 Å². The fraction of sp³-hybridized carbons (Fsp3) is 0.533. The Morgan fingerprint density at radius 3 is 2.39 bits per heavy atom. The first-order valence-electron chi connectivity index (χ1n) is 6.58. The molecular weight excluding hydrogens is 290 g/mol. The van der Waals surface area contributed by atoms with Crippen LogP contribution in [-0.2, 0) is 4.79 Å². The number of hydrogen-bond donors (Lipinski definition) is 1. The number of hydrogen-bond acceptors (Lipinski definition) is 1. The van der Waals surface area contributed by atoms with Crippen molar-refractivity contribution in [2.75, 3.05) is 0 Å². The number of rotatable bonds is 3. The molecule has 0 aromatic heterocycles. The van der Waals surface area contributed by atoms with E-state index in [9.17, 15) is 4.79 Å². The minimum atomic E-state index is -0.149. The van der Waals surface area contributed by atoms with Crippen molar-refractivity contribution in [3.63, 3.8) is 0 Å². The Morgan fingerprint density at radius 1 is 1.28 bits per heavy atom. The standard InChI is InChI=1S/C15H20BrNO/c1-11(12-5-7-13(16)8-6-12)17-14(18)15(2)9-3-4-10-15/h5-8,11H,3-4,9-10H2,1-2H3,(H,17,18). The minimum Gasteiger partial charge on any atom is -0.349 e. The van der Waals surface area contributed by atoms with Gasteiger partial charge in [0.05, 0.1) is 6.04 Å². The number of carbonyl (C=O) groups is 1. The highest BCUT2D eigenvalue weighted by molar-refractivity contribution is 9.10. The number of carbonyl (C=O) groups excluding carboxylic acids is 1. The average molecular weight is 310 g/mol. The van der Waals surface area contributed by atoms with Gasteiger partial charge in [0.2, 0.25) is 5.91 Å². The van der Waals surface area contributed by atoms with E-state index in [-0.39, 0.29) is 17.4 Å². The van der Waals surface area contributed by atoms with Gasteiger partial charge >= 0.3 is 0 Å². The van der Waals surface area contributed by atoms with E-state index in [0.29, 0.717) is 0 Å². The summed E-state index contributed by atoms with van der Waals surface area (Å²) in [5, 5.41) is 3.14. The van der Waals surface area contributed by atoms with Crippen molar-refractivity contribution >= 4 is 21.8 Å². The Labute approximate surface area is 117 Å². The molecule has 1 N–H and O–H groups in total. The highest BCUT2D eigenvalue weighted by Crippen LogP contribution is 2.38. The predicted octanol–water partition coefficient (Wildman–Crippen LogP) is 4.21. The van der Waals surface area contributed by atoms with Gasteiger partial charge in [0.15, 0.2) is 0 Å². The lowest BCUT2D eigenvalue weighted by Crippen LogP contribution is -2.38. The molecule has 1 atom stereocenters. The van der Waals surface area contributed by atoms with Crippen molar-refractivity contribution in [1.82, 2.24) is 5.32 Å². The van der Waals surface area contributed by atoms with Gasteiger partial charge in [-0.15, -0.1) is 0 Å². The molecule has 0 aliphatic heterocycles. The quantitative estimate of drug-likeness (QED) is 0.890. The third-order valence-corrected chi connectivity index (χ3v) is 4.50. The molecule has 1 saturated carbocycles. The molecule has 18 heavy (non-hydrogen) atoms. The van der Waals surface area contributed by atoms with Crippen LogP contribution in [0.2, 0.25) is 0 Å². The zero-order valence-corrected chi connectivity index (χ0v) is 12.6. The highest BCUT2D eigenvalue weighted by atomic mass is 79.9. The van der Waals surface area contributed by atoms with Crippen LogP contribution in [0.5, 0.6) is 0 Å². The summed E-state index contributed by atoms with van der Waals surface area (Å²) < 4.78 is 1.06. The molecule has 0 heterocycles. The molecule has 1 fully saturated rings. The van der Waals surface area contributed by atoms with Crippen molar-refractivity contribution in [3.05, 3.63) is 34.3 Å². The number of benzene rings is 1. The summed E-state index contributed by atoms with van der Waals surface area (Å²) in [5.41, 5.74) is 0.997. The number of amides is 1. The SMILES string of the molecule is CC(NC(=O)C1(C)CCCC1)c1ccc(Br)cc1. The maximum Gasteiger partial charge on any atom is 0.226 e. The van der Waals surface area contributed by atoms with Gasteiger partial charge in [-0.25, -0.2) is 0 Å². The van der Waals surface area contributed by atoms with E-state index in [4.69, 9.17) is 0 Å². The number of nitrogens with one attached hydrogen (secondary N) is 1. The lowest BCUT2D eigenvalue weighted by Gasteiger charge is -2.25. The molecule has 2 rings (SSSR count). The van der Waals surface area contributed by atoms with Crippen LogP contribution in [0.3, 0.4) is 0 Å². The van der Waals surface area contributed by atoms with Gasteiger partial charge in [0.1, 0.15) is 0 Å². The summed E-state index contributed by atoms with van der Waals surface area (Å²) in [6.45, 7) is 4.13. The first-order valence-corrected chi connectivity index (χ1v) is 7.37. The molecule has 1 amide bonds. The van der Waals surface area contributed by atoms with E-state index >= 15 is 0 Å². The van der Waals surface area contributed by atoms with Gasteiger partial charge in [-0.3, -0.25) is 4.79 Å². The zero-order valence-electron chi connectivity index (χ0n) is 11.0. The van der Waals surface area contributed by atoms with E-state index in [2.05, 4.69) is 28.2 Å². The maximum atomic E-state index is 12.3. The first-order chi connectivity index (χ1) is 8.51. The summed E-state index contributed by atoms with van der Waals surface area (Å²) in [6.07, 6.45) is 4.39. The normalized spacial score (nSPS) is 19.5. The molecule has 0 spiro atoms. The second-order valence-electron chi connectivity index (χ2n) is 5.51. The molecule has 1 aliphatic carbocycles. The van der Waals surface area contributed by atoms with E-state index < -0.39 is 0 Å². The van der Waals surface area contributed by atoms with Gasteiger partial charge in [-0.1, -0.05) is 47.8 Å². The van der Waals surface area contributed by atoms with Crippen LogP contribution in [0.25, 0.3) is 0 Å². The van der Waals surface area contributed by atoms with Crippen molar-refractivity contribution in [1.29, 1.82) is 0 Å². The molecular formula is C15H20BrNO. The Balaban J connectivity index is 2.00. The lowest BCUT2D eigenvalue weighted by atomic mass is 9.87.